The first-order valence-corrected chi connectivity index (χ1v) is 10.2. The molecule has 1 atom stereocenters. The van der Waals surface area contributed by atoms with Gasteiger partial charge in [0.15, 0.2) is 9.84 Å². The van der Waals surface area contributed by atoms with Crippen LogP contribution in [0.1, 0.15) is 12.0 Å². The Hall–Kier alpha value is -2.06. The van der Waals surface area contributed by atoms with E-state index in [1.54, 1.807) is 30.6 Å². The number of ether oxygens (including phenoxy) is 1. The average Bonchev–Trinajstić information content (AvgIpc) is 2.87. The van der Waals surface area contributed by atoms with Crippen LogP contribution < -0.4 is 4.74 Å². The fraction of sp³-hybridized carbons (Fsp3) is 0.444. The third-order valence-corrected chi connectivity index (χ3v) is 7.96. The molecule has 3 heterocycles. The molecule has 0 amide bonds. The Balaban J connectivity index is 1.42. The van der Waals surface area contributed by atoms with Crippen molar-refractivity contribution < 1.29 is 17.5 Å². The van der Waals surface area contributed by atoms with E-state index < -0.39 is 14.6 Å². The number of hydrogen-bond acceptors (Lipinski definition) is 6. The monoisotopic (exact) mass is 377 g/mol. The van der Waals surface area contributed by atoms with Crippen molar-refractivity contribution in [1.82, 2.24) is 14.9 Å². The molecule has 1 aromatic carbocycles. The van der Waals surface area contributed by atoms with Gasteiger partial charge in [0.25, 0.3) is 0 Å². The van der Waals surface area contributed by atoms with Crippen molar-refractivity contribution >= 4 is 9.84 Å². The number of sulfone groups is 1. The fourth-order valence-corrected chi connectivity index (χ4v) is 6.37. The lowest BCUT2D eigenvalue weighted by Gasteiger charge is -2.50. The minimum Gasteiger partial charge on any atom is -0.463 e. The summed E-state index contributed by atoms with van der Waals surface area (Å²) < 4.78 is 43.2. The zero-order valence-corrected chi connectivity index (χ0v) is 15.0. The molecule has 0 radical (unpaired) electrons. The molecular formula is C18H20FN3O3S. The van der Waals surface area contributed by atoms with Crippen LogP contribution in [0.5, 0.6) is 6.01 Å². The predicted molar refractivity (Wildman–Crippen MR) is 93.8 cm³/mol. The molecule has 2 aromatic rings. The molecule has 138 valence electrons. The van der Waals surface area contributed by atoms with Gasteiger partial charge in [-0.15, -0.1) is 0 Å². The molecule has 2 aliphatic heterocycles. The highest BCUT2D eigenvalue weighted by molar-refractivity contribution is 7.93. The lowest BCUT2D eigenvalue weighted by Crippen LogP contribution is -2.67. The maximum atomic E-state index is 13.0. The van der Waals surface area contributed by atoms with Crippen LogP contribution in [0.4, 0.5) is 4.39 Å². The molecule has 26 heavy (non-hydrogen) atoms. The smallest absolute Gasteiger partial charge is 0.316 e. The number of benzene rings is 1. The van der Waals surface area contributed by atoms with Crippen LogP contribution in [0.2, 0.25) is 0 Å². The second-order valence-corrected chi connectivity index (χ2v) is 9.43. The molecule has 1 aromatic heterocycles. The van der Waals surface area contributed by atoms with Gasteiger partial charge in [0.2, 0.25) is 0 Å². The lowest BCUT2D eigenvalue weighted by molar-refractivity contribution is 0.0572. The van der Waals surface area contributed by atoms with Crippen molar-refractivity contribution in [2.75, 3.05) is 25.4 Å². The lowest BCUT2D eigenvalue weighted by atomic mass is 9.83. The topological polar surface area (TPSA) is 72.4 Å². The normalized spacial score (nSPS) is 23.7. The Morgan fingerprint density at radius 3 is 2.58 bits per heavy atom. The first-order valence-electron chi connectivity index (χ1n) is 8.57. The first-order chi connectivity index (χ1) is 12.5. The average molecular weight is 377 g/mol. The molecule has 0 bridgehead atoms. The van der Waals surface area contributed by atoms with Gasteiger partial charge in [-0.25, -0.2) is 22.8 Å². The third kappa shape index (κ3) is 3.07. The third-order valence-electron chi connectivity index (χ3n) is 5.36. The summed E-state index contributed by atoms with van der Waals surface area (Å²) in [4.78, 5) is 10.1. The predicted octanol–water partition coefficient (Wildman–Crippen LogP) is 1.68. The van der Waals surface area contributed by atoms with Gasteiger partial charge in [-0.05, 0) is 30.2 Å². The molecule has 4 rings (SSSR count). The molecule has 0 unspecified atom stereocenters. The fourth-order valence-electron chi connectivity index (χ4n) is 3.91. The molecule has 6 nitrogen and oxygen atoms in total. The summed E-state index contributed by atoms with van der Waals surface area (Å²) in [6, 6.07) is 8.29. The molecule has 2 fully saturated rings. The van der Waals surface area contributed by atoms with Crippen LogP contribution in [0, 0.1) is 11.7 Å². The number of nitrogens with zero attached hydrogens (tertiary/aromatic N) is 3. The van der Waals surface area contributed by atoms with E-state index in [1.807, 2.05) is 0 Å². The van der Waals surface area contributed by atoms with Crippen molar-refractivity contribution in [3.63, 3.8) is 0 Å². The van der Waals surface area contributed by atoms with E-state index in [1.165, 1.54) is 12.1 Å². The van der Waals surface area contributed by atoms with Crippen molar-refractivity contribution in [3.05, 3.63) is 54.1 Å². The largest absolute Gasteiger partial charge is 0.463 e. The summed E-state index contributed by atoms with van der Waals surface area (Å²) in [5.74, 6) is -0.144. The quantitative estimate of drug-likeness (QED) is 0.790. The summed E-state index contributed by atoms with van der Waals surface area (Å²) in [6.45, 7) is 1.88. The molecule has 2 saturated heterocycles. The van der Waals surface area contributed by atoms with Crippen molar-refractivity contribution in [1.29, 1.82) is 0 Å². The molecule has 0 aliphatic carbocycles. The Labute approximate surface area is 151 Å². The highest BCUT2D eigenvalue weighted by Gasteiger charge is 2.61. The summed E-state index contributed by atoms with van der Waals surface area (Å²) in [5.41, 5.74) is 0.974. The summed E-state index contributed by atoms with van der Waals surface area (Å²) in [5, 5.41) is 0. The van der Waals surface area contributed by atoms with E-state index in [-0.39, 0.29) is 23.5 Å². The Morgan fingerprint density at radius 1 is 1.19 bits per heavy atom. The Kier molecular flexibility index (Phi) is 4.40. The van der Waals surface area contributed by atoms with Crippen molar-refractivity contribution in [3.8, 4) is 6.01 Å². The summed E-state index contributed by atoms with van der Waals surface area (Å²) in [7, 11) is -3.16. The summed E-state index contributed by atoms with van der Waals surface area (Å²) in [6.07, 6.45) is 3.79. The maximum absolute atomic E-state index is 13.0. The van der Waals surface area contributed by atoms with E-state index >= 15 is 0 Å². The van der Waals surface area contributed by atoms with Crippen LogP contribution in [0.15, 0.2) is 42.7 Å². The number of halogens is 1. The number of aromatic nitrogens is 2. The van der Waals surface area contributed by atoms with Gasteiger partial charge in [-0.1, -0.05) is 12.1 Å². The minimum atomic E-state index is -3.16. The molecule has 1 spiro atoms. The first kappa shape index (κ1) is 17.4. The van der Waals surface area contributed by atoms with Gasteiger partial charge in [0.1, 0.15) is 10.6 Å². The van der Waals surface area contributed by atoms with Crippen LogP contribution in [-0.4, -0.2) is 53.5 Å². The van der Waals surface area contributed by atoms with Crippen molar-refractivity contribution in [2.24, 2.45) is 5.92 Å². The van der Waals surface area contributed by atoms with Gasteiger partial charge in [-0.3, -0.25) is 4.90 Å². The molecule has 8 heteroatoms. The molecular weight excluding hydrogens is 357 g/mol. The van der Waals surface area contributed by atoms with Crippen molar-refractivity contribution in [2.45, 2.75) is 17.7 Å². The Morgan fingerprint density at radius 2 is 1.88 bits per heavy atom. The van der Waals surface area contributed by atoms with E-state index in [2.05, 4.69) is 14.9 Å². The second-order valence-electron chi connectivity index (χ2n) is 6.98. The number of hydrogen-bond donors (Lipinski definition) is 0. The van der Waals surface area contributed by atoms with Crippen LogP contribution in [0.3, 0.4) is 0 Å². The number of likely N-dealkylation sites (tertiary alicyclic amines) is 1. The van der Waals surface area contributed by atoms with Gasteiger partial charge in [0, 0.05) is 37.9 Å². The van der Waals surface area contributed by atoms with Gasteiger partial charge in [-0.2, -0.15) is 0 Å². The zero-order valence-electron chi connectivity index (χ0n) is 14.2. The van der Waals surface area contributed by atoms with E-state index in [4.69, 9.17) is 4.74 Å². The van der Waals surface area contributed by atoms with Crippen LogP contribution >= 0.6 is 0 Å². The number of rotatable bonds is 5. The van der Waals surface area contributed by atoms with E-state index in [0.29, 0.717) is 32.7 Å². The molecule has 0 saturated carbocycles. The SMILES string of the molecule is O=S1(=O)CC[C@H](COc2ncccn2)C12CN(Cc1ccc(F)cc1)C2. The minimum absolute atomic E-state index is 0.0687. The van der Waals surface area contributed by atoms with Gasteiger partial charge < -0.3 is 4.74 Å². The van der Waals surface area contributed by atoms with Gasteiger partial charge in [0.05, 0.1) is 12.4 Å². The van der Waals surface area contributed by atoms with E-state index in [9.17, 15) is 12.8 Å². The molecule has 2 aliphatic rings. The standard InChI is InChI=1S/C18H20FN3O3S/c19-16-4-2-14(3-5-16)10-22-12-18(13-22)15(6-9-26(18,23)24)11-25-17-20-7-1-8-21-17/h1-5,7-8,15H,6,9-13H2/t15-/m1/s1. The zero-order chi connectivity index (χ0) is 18.2. The highest BCUT2D eigenvalue weighted by Crippen LogP contribution is 2.45. The Bertz CT molecular complexity index is 868. The van der Waals surface area contributed by atoms with Crippen LogP contribution in [-0.2, 0) is 16.4 Å². The highest BCUT2D eigenvalue weighted by atomic mass is 32.2. The van der Waals surface area contributed by atoms with E-state index in [0.717, 1.165) is 5.56 Å². The second kappa shape index (κ2) is 6.59. The van der Waals surface area contributed by atoms with Gasteiger partial charge >= 0.3 is 6.01 Å². The summed E-state index contributed by atoms with van der Waals surface area (Å²) >= 11 is 0. The maximum Gasteiger partial charge on any atom is 0.316 e. The van der Waals surface area contributed by atoms with Crippen LogP contribution in [0.25, 0.3) is 0 Å². The molecule has 0 N–H and O–H groups in total.